The summed E-state index contributed by atoms with van der Waals surface area (Å²) < 4.78 is 0. The summed E-state index contributed by atoms with van der Waals surface area (Å²) in [6, 6.07) is 0. The van der Waals surface area contributed by atoms with Crippen LogP contribution in [0, 0.1) is 11.3 Å². The first-order valence-corrected chi connectivity index (χ1v) is 7.09. The van der Waals surface area contributed by atoms with E-state index in [0.29, 0.717) is 5.41 Å². The van der Waals surface area contributed by atoms with Crippen molar-refractivity contribution in [3.63, 3.8) is 0 Å². The topological polar surface area (TPSA) is 15.3 Å². The van der Waals surface area contributed by atoms with Crippen LogP contribution in [-0.2, 0) is 0 Å². The summed E-state index contributed by atoms with van der Waals surface area (Å²) >= 11 is 0. The van der Waals surface area contributed by atoms with Crippen molar-refractivity contribution in [2.45, 2.75) is 46.0 Å². The SMILES string of the molecule is CC1(C)CCCN(CCC2CCCNC2)C1. The molecule has 0 aromatic rings. The largest absolute Gasteiger partial charge is 0.316 e. The van der Waals surface area contributed by atoms with Crippen LogP contribution in [0.25, 0.3) is 0 Å². The molecule has 2 rings (SSSR count). The highest BCUT2D eigenvalue weighted by Gasteiger charge is 2.26. The van der Waals surface area contributed by atoms with Gasteiger partial charge in [0, 0.05) is 6.54 Å². The van der Waals surface area contributed by atoms with E-state index in [2.05, 4.69) is 24.1 Å². The molecule has 2 heteroatoms. The maximum atomic E-state index is 3.52. The molecular formula is C14H28N2. The molecule has 1 unspecified atom stereocenters. The molecule has 1 atom stereocenters. The van der Waals surface area contributed by atoms with E-state index in [1.165, 1.54) is 64.8 Å². The van der Waals surface area contributed by atoms with Gasteiger partial charge >= 0.3 is 0 Å². The molecule has 2 aliphatic heterocycles. The minimum atomic E-state index is 0.559. The average Bonchev–Trinajstić information content (AvgIpc) is 2.27. The summed E-state index contributed by atoms with van der Waals surface area (Å²) in [7, 11) is 0. The van der Waals surface area contributed by atoms with Crippen LogP contribution in [0.5, 0.6) is 0 Å². The van der Waals surface area contributed by atoms with E-state index in [0.717, 1.165) is 5.92 Å². The molecule has 94 valence electrons. The molecule has 0 bridgehead atoms. The highest BCUT2D eigenvalue weighted by atomic mass is 15.1. The number of nitrogens with one attached hydrogen (secondary N) is 1. The van der Waals surface area contributed by atoms with Crippen LogP contribution >= 0.6 is 0 Å². The average molecular weight is 224 g/mol. The lowest BCUT2D eigenvalue weighted by molar-refractivity contribution is 0.109. The Balaban J connectivity index is 1.68. The zero-order valence-electron chi connectivity index (χ0n) is 11.1. The fourth-order valence-corrected chi connectivity index (χ4v) is 3.27. The molecule has 2 aliphatic rings. The Labute approximate surface area is 101 Å². The molecule has 2 heterocycles. The number of nitrogens with zero attached hydrogens (tertiary/aromatic N) is 1. The maximum Gasteiger partial charge on any atom is 0.00327 e. The van der Waals surface area contributed by atoms with Gasteiger partial charge in [-0.1, -0.05) is 13.8 Å². The molecule has 0 aromatic carbocycles. The van der Waals surface area contributed by atoms with Crippen LogP contribution in [0.15, 0.2) is 0 Å². The normalized spacial score (nSPS) is 31.5. The zero-order valence-corrected chi connectivity index (χ0v) is 11.1. The van der Waals surface area contributed by atoms with Gasteiger partial charge < -0.3 is 10.2 Å². The second-order valence-electron chi connectivity index (χ2n) is 6.54. The van der Waals surface area contributed by atoms with E-state index in [1.54, 1.807) is 0 Å². The Kier molecular flexibility index (Phi) is 4.26. The molecule has 0 aromatic heterocycles. The van der Waals surface area contributed by atoms with E-state index in [9.17, 15) is 0 Å². The molecule has 0 amide bonds. The molecular weight excluding hydrogens is 196 g/mol. The molecule has 0 aliphatic carbocycles. The minimum absolute atomic E-state index is 0.559. The second kappa shape index (κ2) is 5.50. The summed E-state index contributed by atoms with van der Waals surface area (Å²) in [6.45, 7) is 11.3. The van der Waals surface area contributed by atoms with Crippen molar-refractivity contribution in [1.82, 2.24) is 10.2 Å². The summed E-state index contributed by atoms with van der Waals surface area (Å²) in [5.74, 6) is 0.943. The van der Waals surface area contributed by atoms with Crippen LogP contribution in [0.3, 0.4) is 0 Å². The second-order valence-corrected chi connectivity index (χ2v) is 6.54. The van der Waals surface area contributed by atoms with Gasteiger partial charge in [0.05, 0.1) is 0 Å². The van der Waals surface area contributed by atoms with Gasteiger partial charge in [-0.2, -0.15) is 0 Å². The number of hydrogen-bond donors (Lipinski definition) is 1. The lowest BCUT2D eigenvalue weighted by Gasteiger charge is -2.38. The summed E-state index contributed by atoms with van der Waals surface area (Å²) in [6.07, 6.45) is 7.05. The van der Waals surface area contributed by atoms with Crippen LogP contribution in [0.4, 0.5) is 0 Å². The van der Waals surface area contributed by atoms with Crippen LogP contribution < -0.4 is 5.32 Å². The lowest BCUT2D eigenvalue weighted by atomic mass is 9.84. The quantitative estimate of drug-likeness (QED) is 0.792. The third-order valence-corrected chi connectivity index (χ3v) is 4.23. The molecule has 2 nitrogen and oxygen atoms in total. The Morgan fingerprint density at radius 3 is 2.88 bits per heavy atom. The fraction of sp³-hybridized carbons (Fsp3) is 1.00. The highest BCUT2D eigenvalue weighted by molar-refractivity contribution is 4.80. The highest BCUT2D eigenvalue weighted by Crippen LogP contribution is 2.28. The van der Waals surface area contributed by atoms with Crippen LogP contribution in [0.1, 0.15) is 46.0 Å². The summed E-state index contributed by atoms with van der Waals surface area (Å²) in [5.41, 5.74) is 0.559. The first-order valence-electron chi connectivity index (χ1n) is 7.09. The van der Waals surface area contributed by atoms with E-state index >= 15 is 0 Å². The molecule has 0 spiro atoms. The third-order valence-electron chi connectivity index (χ3n) is 4.23. The van der Waals surface area contributed by atoms with Crippen LogP contribution in [-0.4, -0.2) is 37.6 Å². The Morgan fingerprint density at radius 1 is 1.31 bits per heavy atom. The Hall–Kier alpha value is -0.0800. The standard InChI is InChI=1S/C14H28N2/c1-14(2)7-4-9-16(12-14)10-6-13-5-3-8-15-11-13/h13,15H,3-12H2,1-2H3. The van der Waals surface area contributed by atoms with Gasteiger partial charge in [0.2, 0.25) is 0 Å². The van der Waals surface area contributed by atoms with E-state index in [4.69, 9.17) is 0 Å². The van der Waals surface area contributed by atoms with Crippen molar-refractivity contribution < 1.29 is 0 Å². The predicted octanol–water partition coefficient (Wildman–Crippen LogP) is 2.50. The van der Waals surface area contributed by atoms with Gasteiger partial charge in [-0.05, 0) is 69.6 Å². The first kappa shape index (κ1) is 12.4. The van der Waals surface area contributed by atoms with E-state index in [1.807, 2.05) is 0 Å². The van der Waals surface area contributed by atoms with Gasteiger partial charge in [0.1, 0.15) is 0 Å². The van der Waals surface area contributed by atoms with E-state index in [-0.39, 0.29) is 0 Å². The maximum absolute atomic E-state index is 3.52. The molecule has 0 saturated carbocycles. The number of likely N-dealkylation sites (tertiary alicyclic amines) is 1. The van der Waals surface area contributed by atoms with E-state index < -0.39 is 0 Å². The summed E-state index contributed by atoms with van der Waals surface area (Å²) in [4.78, 5) is 2.69. The number of hydrogen-bond acceptors (Lipinski definition) is 2. The van der Waals surface area contributed by atoms with Crippen LogP contribution in [0.2, 0.25) is 0 Å². The zero-order chi connectivity index (χ0) is 11.4. The molecule has 0 radical (unpaired) electrons. The van der Waals surface area contributed by atoms with Crippen molar-refractivity contribution >= 4 is 0 Å². The smallest absolute Gasteiger partial charge is 0.00327 e. The Bertz CT molecular complexity index is 207. The minimum Gasteiger partial charge on any atom is -0.316 e. The number of piperidine rings is 2. The van der Waals surface area contributed by atoms with Crippen molar-refractivity contribution in [3.8, 4) is 0 Å². The van der Waals surface area contributed by atoms with Crippen molar-refractivity contribution in [3.05, 3.63) is 0 Å². The van der Waals surface area contributed by atoms with Gasteiger partial charge in [0.25, 0.3) is 0 Å². The van der Waals surface area contributed by atoms with Gasteiger partial charge in [-0.15, -0.1) is 0 Å². The van der Waals surface area contributed by atoms with Crippen molar-refractivity contribution in [1.29, 1.82) is 0 Å². The molecule has 2 fully saturated rings. The number of rotatable bonds is 3. The van der Waals surface area contributed by atoms with Crippen molar-refractivity contribution in [2.75, 3.05) is 32.7 Å². The van der Waals surface area contributed by atoms with Gasteiger partial charge in [-0.3, -0.25) is 0 Å². The van der Waals surface area contributed by atoms with Gasteiger partial charge in [0.15, 0.2) is 0 Å². The fourth-order valence-electron chi connectivity index (χ4n) is 3.27. The molecule has 1 N–H and O–H groups in total. The Morgan fingerprint density at radius 2 is 2.19 bits per heavy atom. The van der Waals surface area contributed by atoms with Gasteiger partial charge in [-0.25, -0.2) is 0 Å². The molecule has 16 heavy (non-hydrogen) atoms. The lowest BCUT2D eigenvalue weighted by Crippen LogP contribution is -2.41. The van der Waals surface area contributed by atoms with Crippen molar-refractivity contribution in [2.24, 2.45) is 11.3 Å². The molecule has 2 saturated heterocycles. The predicted molar refractivity (Wildman–Crippen MR) is 69.7 cm³/mol. The monoisotopic (exact) mass is 224 g/mol. The summed E-state index contributed by atoms with van der Waals surface area (Å²) in [5, 5.41) is 3.52. The first-order chi connectivity index (χ1) is 7.66. The third kappa shape index (κ3) is 3.74.